The first kappa shape index (κ1) is 12.3. The zero-order chi connectivity index (χ0) is 14.1. The summed E-state index contributed by atoms with van der Waals surface area (Å²) < 4.78 is 5.14. The minimum atomic E-state index is -1.18. The number of carboxylic acids is 1. The molecule has 0 unspecified atom stereocenters. The first-order valence-electron chi connectivity index (χ1n) is 5.47. The van der Waals surface area contributed by atoms with Gasteiger partial charge in [0.2, 0.25) is 5.01 Å². The highest BCUT2D eigenvalue weighted by molar-refractivity contribution is 7.11. The van der Waals surface area contributed by atoms with Crippen molar-refractivity contribution >= 4 is 34.3 Å². The van der Waals surface area contributed by atoms with Crippen LogP contribution < -0.4 is 4.74 Å². The van der Waals surface area contributed by atoms with Crippen molar-refractivity contribution in [3.8, 4) is 5.75 Å². The van der Waals surface area contributed by atoms with Crippen LogP contribution >= 0.6 is 11.3 Å². The molecule has 7 nitrogen and oxygen atoms in total. The van der Waals surface area contributed by atoms with E-state index < -0.39 is 11.9 Å². The predicted octanol–water partition coefficient (Wildman–Crippen LogP) is 1.94. The van der Waals surface area contributed by atoms with E-state index in [0.29, 0.717) is 5.75 Å². The van der Waals surface area contributed by atoms with Crippen LogP contribution in [0.25, 0.3) is 11.0 Å². The molecule has 0 spiro atoms. The molecule has 0 aliphatic carbocycles. The number of nitrogens with one attached hydrogen (secondary N) is 1. The van der Waals surface area contributed by atoms with Gasteiger partial charge >= 0.3 is 11.9 Å². The summed E-state index contributed by atoms with van der Waals surface area (Å²) in [5.74, 6) is -1.54. The lowest BCUT2D eigenvalue weighted by molar-refractivity contribution is 0.0691. The van der Waals surface area contributed by atoms with Gasteiger partial charge in [0.05, 0.1) is 17.4 Å². The molecule has 2 N–H and O–H groups in total. The molecule has 0 bridgehead atoms. The Morgan fingerprint density at radius 2 is 2.20 bits per heavy atom. The number of carbonyl (C=O) groups is 2. The number of benzene rings is 1. The second kappa shape index (κ2) is 4.74. The molecule has 0 amide bonds. The van der Waals surface area contributed by atoms with Gasteiger partial charge in [-0.1, -0.05) is 0 Å². The number of aromatic nitrogens is 3. The van der Waals surface area contributed by atoms with Gasteiger partial charge in [0.15, 0.2) is 5.69 Å². The Labute approximate surface area is 115 Å². The molecule has 0 radical (unpaired) electrons. The molecular weight excluding hydrogens is 282 g/mol. The van der Waals surface area contributed by atoms with Crippen LogP contribution in [0.5, 0.6) is 5.75 Å². The van der Waals surface area contributed by atoms with Gasteiger partial charge in [-0.25, -0.2) is 19.6 Å². The molecule has 3 aromatic rings. The number of nitrogens with zero attached hydrogens (tertiary/aromatic N) is 2. The van der Waals surface area contributed by atoms with Crippen molar-refractivity contribution in [3.63, 3.8) is 0 Å². The summed E-state index contributed by atoms with van der Waals surface area (Å²) >= 11 is 0.924. The molecule has 0 aliphatic rings. The fourth-order valence-electron chi connectivity index (χ4n) is 1.59. The number of aromatic amines is 1. The first-order valence-corrected chi connectivity index (χ1v) is 6.35. The van der Waals surface area contributed by atoms with E-state index in [1.807, 2.05) is 0 Å². The van der Waals surface area contributed by atoms with Crippen LogP contribution in [0.3, 0.4) is 0 Å². The molecule has 100 valence electrons. The number of carboxylic acid groups (broad SMARTS) is 1. The van der Waals surface area contributed by atoms with Crippen molar-refractivity contribution in [1.29, 1.82) is 0 Å². The Bertz CT molecular complexity index is 808. The quantitative estimate of drug-likeness (QED) is 0.564. The van der Waals surface area contributed by atoms with Crippen molar-refractivity contribution in [2.45, 2.75) is 0 Å². The van der Waals surface area contributed by atoms with Crippen LogP contribution in [0.15, 0.2) is 29.9 Å². The summed E-state index contributed by atoms with van der Waals surface area (Å²) in [6.45, 7) is 0. The lowest BCUT2D eigenvalue weighted by Gasteiger charge is -2.01. The van der Waals surface area contributed by atoms with Gasteiger partial charge in [0.25, 0.3) is 0 Å². The summed E-state index contributed by atoms with van der Waals surface area (Å²) in [5, 5.41) is 10.0. The van der Waals surface area contributed by atoms with E-state index in [1.165, 1.54) is 11.7 Å². The average Bonchev–Trinajstić information content (AvgIpc) is 3.07. The number of esters is 1. The van der Waals surface area contributed by atoms with Crippen molar-refractivity contribution in [2.75, 3.05) is 0 Å². The van der Waals surface area contributed by atoms with Gasteiger partial charge < -0.3 is 14.8 Å². The zero-order valence-corrected chi connectivity index (χ0v) is 10.7. The highest BCUT2D eigenvalue weighted by Gasteiger charge is 2.16. The number of ether oxygens (including phenoxy) is 1. The summed E-state index contributed by atoms with van der Waals surface area (Å²) in [7, 11) is 0. The van der Waals surface area contributed by atoms with Crippen LogP contribution in [0.2, 0.25) is 0 Å². The summed E-state index contributed by atoms with van der Waals surface area (Å²) in [4.78, 5) is 33.2. The Morgan fingerprint density at radius 1 is 1.35 bits per heavy atom. The van der Waals surface area contributed by atoms with Crippen LogP contribution in [0.1, 0.15) is 20.3 Å². The van der Waals surface area contributed by atoms with E-state index in [2.05, 4.69) is 15.0 Å². The standard InChI is InChI=1S/C12H7N3O4S/c16-11(17)9-4-20-10(15-9)12(18)19-6-1-2-7-8(3-6)14-5-13-7/h1-5H,(H,13,14)(H,16,17). The maximum Gasteiger partial charge on any atom is 0.372 e. The van der Waals surface area contributed by atoms with Crippen molar-refractivity contribution < 1.29 is 19.4 Å². The summed E-state index contributed by atoms with van der Waals surface area (Å²) in [6, 6.07) is 4.94. The summed E-state index contributed by atoms with van der Waals surface area (Å²) in [6.07, 6.45) is 1.54. The van der Waals surface area contributed by atoms with Crippen molar-refractivity contribution in [2.24, 2.45) is 0 Å². The number of H-pyrrole nitrogens is 1. The fraction of sp³-hybridized carbons (Fsp3) is 0. The molecule has 2 heterocycles. The first-order chi connectivity index (χ1) is 9.63. The number of carbonyl (C=O) groups excluding carboxylic acids is 1. The summed E-state index contributed by atoms with van der Waals surface area (Å²) in [5.41, 5.74) is 1.32. The SMILES string of the molecule is O=C(O)c1csc(C(=O)Oc2ccc3nc[nH]c3c2)n1. The zero-order valence-electron chi connectivity index (χ0n) is 9.86. The number of fused-ring (bicyclic) bond motifs is 1. The van der Waals surface area contributed by atoms with Gasteiger partial charge in [-0.2, -0.15) is 0 Å². The van der Waals surface area contributed by atoms with E-state index in [9.17, 15) is 9.59 Å². The largest absolute Gasteiger partial charge is 0.476 e. The third kappa shape index (κ3) is 2.24. The Hall–Kier alpha value is -2.74. The van der Waals surface area contributed by atoms with E-state index >= 15 is 0 Å². The number of hydrogen-bond acceptors (Lipinski definition) is 6. The van der Waals surface area contributed by atoms with Gasteiger partial charge in [0, 0.05) is 11.4 Å². The number of imidazole rings is 1. The molecule has 0 fully saturated rings. The maximum absolute atomic E-state index is 11.8. The molecule has 0 saturated heterocycles. The second-order valence-electron chi connectivity index (χ2n) is 3.81. The number of thiazole rings is 1. The highest BCUT2D eigenvalue weighted by Crippen LogP contribution is 2.20. The minimum absolute atomic E-state index is 0.00731. The molecular formula is C12H7N3O4S. The minimum Gasteiger partial charge on any atom is -0.476 e. The normalized spacial score (nSPS) is 10.6. The van der Waals surface area contributed by atoms with E-state index in [-0.39, 0.29) is 10.7 Å². The van der Waals surface area contributed by atoms with Crippen molar-refractivity contribution in [3.05, 3.63) is 40.6 Å². The molecule has 20 heavy (non-hydrogen) atoms. The molecule has 2 aromatic heterocycles. The van der Waals surface area contributed by atoms with Crippen LogP contribution in [-0.4, -0.2) is 32.0 Å². The maximum atomic E-state index is 11.8. The Balaban J connectivity index is 1.82. The van der Waals surface area contributed by atoms with Crippen LogP contribution in [0, 0.1) is 0 Å². The molecule has 8 heteroatoms. The Morgan fingerprint density at radius 3 is 2.95 bits per heavy atom. The van der Waals surface area contributed by atoms with Gasteiger partial charge in [-0.3, -0.25) is 0 Å². The molecule has 1 aromatic carbocycles. The molecule has 0 atom stereocenters. The molecule has 0 saturated carbocycles. The third-order valence-corrected chi connectivity index (χ3v) is 3.32. The second-order valence-corrected chi connectivity index (χ2v) is 4.67. The highest BCUT2D eigenvalue weighted by atomic mass is 32.1. The Kier molecular flexibility index (Phi) is 2.92. The monoisotopic (exact) mass is 289 g/mol. The van der Waals surface area contributed by atoms with Crippen molar-refractivity contribution in [1.82, 2.24) is 15.0 Å². The van der Waals surface area contributed by atoms with Gasteiger partial charge in [-0.05, 0) is 12.1 Å². The average molecular weight is 289 g/mol. The van der Waals surface area contributed by atoms with E-state index in [4.69, 9.17) is 9.84 Å². The number of aromatic carboxylic acids is 1. The lowest BCUT2D eigenvalue weighted by atomic mass is 10.3. The lowest BCUT2D eigenvalue weighted by Crippen LogP contribution is -2.09. The number of rotatable bonds is 3. The fourth-order valence-corrected chi connectivity index (χ4v) is 2.26. The van der Waals surface area contributed by atoms with E-state index in [1.54, 1.807) is 18.2 Å². The smallest absolute Gasteiger partial charge is 0.372 e. The topological polar surface area (TPSA) is 105 Å². The molecule has 0 aliphatic heterocycles. The van der Waals surface area contributed by atoms with Gasteiger partial charge in [0.1, 0.15) is 5.75 Å². The van der Waals surface area contributed by atoms with Crippen LogP contribution in [0.4, 0.5) is 0 Å². The molecule has 3 rings (SSSR count). The number of hydrogen-bond donors (Lipinski definition) is 2. The third-order valence-electron chi connectivity index (χ3n) is 2.50. The van der Waals surface area contributed by atoms with Gasteiger partial charge in [-0.15, -0.1) is 11.3 Å². The van der Waals surface area contributed by atoms with E-state index in [0.717, 1.165) is 22.4 Å². The predicted molar refractivity (Wildman–Crippen MR) is 70.1 cm³/mol. The van der Waals surface area contributed by atoms with Crippen LogP contribution in [-0.2, 0) is 0 Å².